The first-order valence-electron chi connectivity index (χ1n) is 9.18. The van der Waals surface area contributed by atoms with Crippen LogP contribution in [0.5, 0.6) is 0 Å². The number of fused-ring (bicyclic) bond motifs is 1. The fourth-order valence-electron chi connectivity index (χ4n) is 4.43. The summed E-state index contributed by atoms with van der Waals surface area (Å²) in [7, 11) is -3.41. The highest BCUT2D eigenvalue weighted by Crippen LogP contribution is 2.46. The maximum absolute atomic E-state index is 13.0. The zero-order valence-electron chi connectivity index (χ0n) is 15.4. The van der Waals surface area contributed by atoms with Gasteiger partial charge in [-0.05, 0) is 24.5 Å². The highest BCUT2D eigenvalue weighted by atomic mass is 35.5. The molecule has 1 N–H and O–H groups in total. The lowest BCUT2D eigenvalue weighted by atomic mass is 9.99. The lowest BCUT2D eigenvalue weighted by Crippen LogP contribution is -2.57. The number of amides is 2. The molecule has 3 heterocycles. The Morgan fingerprint density at radius 1 is 1.37 bits per heavy atom. The standard InChI is InChI=1S/C18H24ClN3O4S/c1-12(2)8-22-11-18-10-21(9-13(26-18)7-16(18)27(22,24)25)17(23)20-15-6-4-3-5-14(15)19/h3-6,12-13,16H,7-11H2,1-2H3,(H,20,23)/t13-,16+,18+/m1/s1. The molecule has 1 aromatic rings. The van der Waals surface area contributed by atoms with E-state index in [0.29, 0.717) is 36.8 Å². The topological polar surface area (TPSA) is 79.0 Å². The van der Waals surface area contributed by atoms with E-state index in [4.69, 9.17) is 16.3 Å². The number of halogens is 1. The molecule has 0 saturated carbocycles. The summed E-state index contributed by atoms with van der Waals surface area (Å²) in [6.07, 6.45) is 0.184. The fraction of sp³-hybridized carbons (Fsp3) is 0.611. The minimum atomic E-state index is -3.41. The summed E-state index contributed by atoms with van der Waals surface area (Å²) >= 11 is 6.13. The number of carbonyl (C=O) groups excluding carboxylic acids is 1. The van der Waals surface area contributed by atoms with E-state index in [-0.39, 0.29) is 24.6 Å². The largest absolute Gasteiger partial charge is 0.365 e. The maximum Gasteiger partial charge on any atom is 0.322 e. The average molecular weight is 414 g/mol. The lowest BCUT2D eigenvalue weighted by molar-refractivity contribution is -0.0946. The predicted molar refractivity (Wildman–Crippen MR) is 103 cm³/mol. The Hall–Kier alpha value is -1.35. The first kappa shape index (κ1) is 19.0. The van der Waals surface area contributed by atoms with Gasteiger partial charge in [0.05, 0.1) is 23.4 Å². The van der Waals surface area contributed by atoms with Crippen LogP contribution in [0.1, 0.15) is 20.3 Å². The van der Waals surface area contributed by atoms with Crippen LogP contribution < -0.4 is 5.32 Å². The number of sulfonamides is 1. The number of para-hydroxylation sites is 1. The maximum atomic E-state index is 13.0. The van der Waals surface area contributed by atoms with E-state index in [1.165, 1.54) is 4.31 Å². The molecule has 3 fully saturated rings. The number of anilines is 1. The number of rotatable bonds is 3. The molecule has 0 aliphatic carbocycles. The molecule has 2 amide bonds. The summed E-state index contributed by atoms with van der Waals surface area (Å²) in [5, 5.41) is 2.71. The SMILES string of the molecule is CC(C)CN1C[C@@]23CN(C(=O)Nc4ccccc4Cl)C[C@@H](C[C@@H]2S1(=O)=O)O3. The second kappa shape index (κ2) is 6.62. The Kier molecular flexibility index (Phi) is 4.65. The van der Waals surface area contributed by atoms with Crippen LogP contribution in [0.2, 0.25) is 5.02 Å². The molecule has 0 aromatic heterocycles. The minimum Gasteiger partial charge on any atom is -0.365 e. The second-order valence-electron chi connectivity index (χ2n) is 8.05. The summed E-state index contributed by atoms with van der Waals surface area (Å²) in [5.41, 5.74) is -0.299. The van der Waals surface area contributed by atoms with E-state index in [0.717, 1.165) is 0 Å². The van der Waals surface area contributed by atoms with Gasteiger partial charge in [0.2, 0.25) is 10.0 Å². The Morgan fingerprint density at radius 3 is 2.81 bits per heavy atom. The average Bonchev–Trinajstić information content (AvgIpc) is 2.95. The van der Waals surface area contributed by atoms with Gasteiger partial charge in [0, 0.05) is 19.6 Å². The molecular weight excluding hydrogens is 390 g/mol. The number of ether oxygens (including phenoxy) is 1. The van der Waals surface area contributed by atoms with Crippen molar-refractivity contribution in [1.29, 1.82) is 0 Å². The molecule has 148 valence electrons. The molecule has 3 aliphatic heterocycles. The number of hydrogen-bond acceptors (Lipinski definition) is 4. The number of carbonyl (C=O) groups is 1. The summed E-state index contributed by atoms with van der Waals surface area (Å²) < 4.78 is 33.6. The normalized spacial score (nSPS) is 31.9. The van der Waals surface area contributed by atoms with Crippen LogP contribution in [0.15, 0.2) is 24.3 Å². The summed E-state index contributed by atoms with van der Waals surface area (Å²) in [5.74, 6) is 0.231. The van der Waals surface area contributed by atoms with Gasteiger partial charge in [-0.2, -0.15) is 4.31 Å². The molecule has 27 heavy (non-hydrogen) atoms. The molecule has 0 unspecified atom stereocenters. The Labute approximate surface area is 164 Å². The van der Waals surface area contributed by atoms with Crippen molar-refractivity contribution in [2.75, 3.05) is 31.5 Å². The van der Waals surface area contributed by atoms with Crippen LogP contribution in [0.4, 0.5) is 10.5 Å². The second-order valence-corrected chi connectivity index (χ2v) is 10.6. The zero-order valence-corrected chi connectivity index (χ0v) is 17.0. The van der Waals surface area contributed by atoms with Crippen molar-refractivity contribution >= 4 is 33.3 Å². The number of likely N-dealkylation sites (tertiary alicyclic amines) is 1. The van der Waals surface area contributed by atoms with E-state index < -0.39 is 20.9 Å². The van der Waals surface area contributed by atoms with Gasteiger partial charge in [0.1, 0.15) is 10.9 Å². The van der Waals surface area contributed by atoms with Gasteiger partial charge in [0.15, 0.2) is 0 Å². The van der Waals surface area contributed by atoms with Crippen LogP contribution >= 0.6 is 11.6 Å². The highest BCUT2D eigenvalue weighted by Gasteiger charge is 2.65. The van der Waals surface area contributed by atoms with E-state index in [2.05, 4.69) is 5.32 Å². The number of morpholine rings is 1. The summed E-state index contributed by atoms with van der Waals surface area (Å²) in [6, 6.07) is 6.76. The third-order valence-electron chi connectivity index (χ3n) is 5.48. The molecule has 1 aromatic carbocycles. The first-order valence-corrected chi connectivity index (χ1v) is 11.1. The number of urea groups is 1. The van der Waals surface area contributed by atoms with Crippen LogP contribution in [0.3, 0.4) is 0 Å². The molecule has 0 radical (unpaired) electrons. The van der Waals surface area contributed by atoms with Gasteiger partial charge in [-0.3, -0.25) is 0 Å². The molecule has 2 bridgehead atoms. The minimum absolute atomic E-state index is 0.231. The van der Waals surface area contributed by atoms with Gasteiger partial charge >= 0.3 is 6.03 Å². The van der Waals surface area contributed by atoms with Crippen molar-refractivity contribution in [2.24, 2.45) is 5.92 Å². The quantitative estimate of drug-likeness (QED) is 0.825. The van der Waals surface area contributed by atoms with Crippen molar-refractivity contribution in [3.05, 3.63) is 29.3 Å². The van der Waals surface area contributed by atoms with Crippen molar-refractivity contribution in [3.63, 3.8) is 0 Å². The molecule has 3 aliphatic rings. The van der Waals surface area contributed by atoms with Crippen LogP contribution in [0, 0.1) is 5.92 Å². The van der Waals surface area contributed by atoms with Crippen molar-refractivity contribution in [2.45, 2.75) is 37.2 Å². The van der Waals surface area contributed by atoms with E-state index >= 15 is 0 Å². The smallest absolute Gasteiger partial charge is 0.322 e. The summed E-state index contributed by atoms with van der Waals surface area (Å²) in [6.45, 7) is 5.42. The molecule has 1 spiro atoms. The highest BCUT2D eigenvalue weighted by molar-refractivity contribution is 7.90. The van der Waals surface area contributed by atoms with E-state index in [1.54, 1.807) is 29.2 Å². The first-order chi connectivity index (χ1) is 12.7. The van der Waals surface area contributed by atoms with Crippen LogP contribution in [-0.4, -0.2) is 66.8 Å². The van der Waals surface area contributed by atoms with Crippen molar-refractivity contribution in [1.82, 2.24) is 9.21 Å². The Morgan fingerprint density at radius 2 is 2.11 bits per heavy atom. The Balaban J connectivity index is 1.54. The van der Waals surface area contributed by atoms with Gasteiger partial charge < -0.3 is 15.0 Å². The molecule has 3 saturated heterocycles. The molecule has 7 nitrogen and oxygen atoms in total. The van der Waals surface area contributed by atoms with Gasteiger partial charge in [-0.15, -0.1) is 0 Å². The van der Waals surface area contributed by atoms with Crippen molar-refractivity contribution < 1.29 is 17.9 Å². The monoisotopic (exact) mass is 413 g/mol. The third-order valence-corrected chi connectivity index (χ3v) is 8.15. The lowest BCUT2D eigenvalue weighted by Gasteiger charge is -2.39. The number of benzene rings is 1. The van der Waals surface area contributed by atoms with Crippen LogP contribution in [0.25, 0.3) is 0 Å². The fourth-order valence-corrected chi connectivity index (χ4v) is 7.08. The van der Waals surface area contributed by atoms with Crippen molar-refractivity contribution in [3.8, 4) is 0 Å². The van der Waals surface area contributed by atoms with E-state index in [9.17, 15) is 13.2 Å². The molecular formula is C18H24ClN3O4S. The van der Waals surface area contributed by atoms with Crippen LogP contribution in [-0.2, 0) is 14.8 Å². The number of nitrogens with one attached hydrogen (secondary N) is 1. The number of nitrogens with zero attached hydrogens (tertiary/aromatic N) is 2. The zero-order chi connectivity index (χ0) is 19.4. The third kappa shape index (κ3) is 3.22. The Bertz CT molecular complexity index is 862. The molecule has 9 heteroatoms. The van der Waals surface area contributed by atoms with Gasteiger partial charge in [0.25, 0.3) is 0 Å². The van der Waals surface area contributed by atoms with Gasteiger partial charge in [-0.1, -0.05) is 37.6 Å². The molecule has 4 rings (SSSR count). The predicted octanol–water partition coefficient (Wildman–Crippen LogP) is 2.39. The van der Waals surface area contributed by atoms with E-state index in [1.807, 2.05) is 13.8 Å². The molecule has 3 atom stereocenters. The van der Waals surface area contributed by atoms with Gasteiger partial charge in [-0.25, -0.2) is 13.2 Å². The number of hydrogen-bond donors (Lipinski definition) is 1. The summed E-state index contributed by atoms with van der Waals surface area (Å²) in [4.78, 5) is 14.4.